The highest BCUT2D eigenvalue weighted by Crippen LogP contribution is 2.29. The molecule has 0 fully saturated rings. The predicted octanol–water partition coefficient (Wildman–Crippen LogP) is 6.00. The molecule has 0 saturated heterocycles. The SMILES string of the molecule is Cc1ccc(-n2c(SCc3ccc(C(=O)NCc4ccc(F)cc4)cc3)nnc2-c2cccnc2)cc1. The Hall–Kier alpha value is -4.30. The number of nitrogens with zero attached hydrogens (tertiary/aromatic N) is 4. The Bertz CT molecular complexity index is 1480. The molecule has 0 unspecified atom stereocenters. The molecule has 3 aromatic carbocycles. The zero-order valence-corrected chi connectivity index (χ0v) is 21.0. The molecule has 1 amide bonds. The number of benzene rings is 3. The van der Waals surface area contributed by atoms with Crippen LogP contribution in [0.25, 0.3) is 17.1 Å². The zero-order chi connectivity index (χ0) is 25.6. The fraction of sp³-hybridized carbons (Fsp3) is 0.103. The van der Waals surface area contributed by atoms with E-state index in [-0.39, 0.29) is 11.7 Å². The maximum absolute atomic E-state index is 13.1. The molecule has 8 heteroatoms. The number of nitrogens with one attached hydrogen (secondary N) is 1. The van der Waals surface area contributed by atoms with Crippen LogP contribution in [0.3, 0.4) is 0 Å². The minimum Gasteiger partial charge on any atom is -0.348 e. The Kier molecular flexibility index (Phi) is 7.37. The molecule has 0 saturated carbocycles. The van der Waals surface area contributed by atoms with Crippen molar-refractivity contribution >= 4 is 17.7 Å². The second-order valence-corrected chi connectivity index (χ2v) is 9.46. The van der Waals surface area contributed by atoms with Gasteiger partial charge in [-0.05, 0) is 66.6 Å². The van der Waals surface area contributed by atoms with Gasteiger partial charge in [0.25, 0.3) is 5.91 Å². The van der Waals surface area contributed by atoms with Crippen LogP contribution < -0.4 is 5.32 Å². The number of carbonyl (C=O) groups is 1. The molecule has 0 radical (unpaired) electrons. The number of hydrogen-bond acceptors (Lipinski definition) is 5. The van der Waals surface area contributed by atoms with Crippen LogP contribution in [0.5, 0.6) is 0 Å². The van der Waals surface area contributed by atoms with E-state index >= 15 is 0 Å². The summed E-state index contributed by atoms with van der Waals surface area (Å²) >= 11 is 1.58. The molecule has 1 N–H and O–H groups in total. The Morgan fingerprint density at radius 2 is 1.65 bits per heavy atom. The van der Waals surface area contributed by atoms with E-state index in [0.717, 1.165) is 33.4 Å². The van der Waals surface area contributed by atoms with Crippen LogP contribution >= 0.6 is 11.8 Å². The summed E-state index contributed by atoms with van der Waals surface area (Å²) in [6.07, 6.45) is 3.52. The smallest absolute Gasteiger partial charge is 0.251 e. The number of aromatic nitrogens is 4. The molecule has 5 aromatic rings. The molecule has 0 aliphatic heterocycles. The Labute approximate surface area is 218 Å². The lowest BCUT2D eigenvalue weighted by Crippen LogP contribution is -2.22. The minimum absolute atomic E-state index is 0.177. The summed E-state index contributed by atoms with van der Waals surface area (Å²) in [6, 6.07) is 25.7. The van der Waals surface area contributed by atoms with Gasteiger partial charge in [-0.15, -0.1) is 10.2 Å². The van der Waals surface area contributed by atoms with Gasteiger partial charge in [-0.1, -0.05) is 53.7 Å². The predicted molar refractivity (Wildman–Crippen MR) is 143 cm³/mol. The second-order valence-electron chi connectivity index (χ2n) is 8.51. The average Bonchev–Trinajstić information content (AvgIpc) is 3.36. The number of pyridine rings is 1. The molecular formula is C29H24FN5OS. The highest BCUT2D eigenvalue weighted by molar-refractivity contribution is 7.98. The highest BCUT2D eigenvalue weighted by Gasteiger charge is 2.16. The molecular weight excluding hydrogens is 485 g/mol. The van der Waals surface area contributed by atoms with Gasteiger partial charge in [-0.3, -0.25) is 14.3 Å². The van der Waals surface area contributed by atoms with E-state index in [1.165, 1.54) is 17.7 Å². The lowest BCUT2D eigenvalue weighted by Gasteiger charge is -2.11. The van der Waals surface area contributed by atoms with Crippen molar-refractivity contribution in [3.8, 4) is 17.1 Å². The number of thioether (sulfide) groups is 1. The van der Waals surface area contributed by atoms with Crippen molar-refractivity contribution in [3.63, 3.8) is 0 Å². The Morgan fingerprint density at radius 1 is 0.919 bits per heavy atom. The molecule has 0 atom stereocenters. The third-order valence-corrected chi connectivity index (χ3v) is 6.80. The quantitative estimate of drug-likeness (QED) is 0.260. The van der Waals surface area contributed by atoms with Crippen molar-refractivity contribution < 1.29 is 9.18 Å². The van der Waals surface area contributed by atoms with E-state index in [2.05, 4.69) is 51.7 Å². The van der Waals surface area contributed by atoms with Crippen molar-refractivity contribution in [2.45, 2.75) is 24.4 Å². The summed E-state index contributed by atoms with van der Waals surface area (Å²) in [4.78, 5) is 16.8. The molecule has 184 valence electrons. The molecule has 6 nitrogen and oxygen atoms in total. The number of halogens is 1. The van der Waals surface area contributed by atoms with Gasteiger partial charge in [0.2, 0.25) is 0 Å². The number of aryl methyl sites for hydroxylation is 1. The van der Waals surface area contributed by atoms with E-state index in [1.54, 1.807) is 36.3 Å². The molecule has 0 spiro atoms. The molecule has 37 heavy (non-hydrogen) atoms. The summed E-state index contributed by atoms with van der Waals surface area (Å²) in [5.41, 5.74) is 5.50. The van der Waals surface area contributed by atoms with E-state index in [1.807, 2.05) is 41.0 Å². The third kappa shape index (κ3) is 5.92. The summed E-state index contributed by atoms with van der Waals surface area (Å²) in [7, 11) is 0. The van der Waals surface area contributed by atoms with Crippen LogP contribution in [0, 0.1) is 12.7 Å². The van der Waals surface area contributed by atoms with Crippen molar-refractivity contribution in [3.05, 3.63) is 125 Å². The lowest BCUT2D eigenvalue weighted by atomic mass is 10.1. The zero-order valence-electron chi connectivity index (χ0n) is 20.1. The summed E-state index contributed by atoms with van der Waals surface area (Å²) in [6.45, 7) is 2.39. The maximum Gasteiger partial charge on any atom is 0.251 e. The first kappa shape index (κ1) is 24.4. The van der Waals surface area contributed by atoms with Crippen LogP contribution in [-0.4, -0.2) is 25.7 Å². The first-order valence-electron chi connectivity index (χ1n) is 11.7. The van der Waals surface area contributed by atoms with Gasteiger partial charge in [0.1, 0.15) is 5.82 Å². The van der Waals surface area contributed by atoms with Crippen LogP contribution in [0.15, 0.2) is 102 Å². The molecule has 5 rings (SSSR count). The number of hydrogen-bond donors (Lipinski definition) is 1. The van der Waals surface area contributed by atoms with E-state index in [4.69, 9.17) is 0 Å². The van der Waals surface area contributed by atoms with Gasteiger partial charge in [-0.2, -0.15) is 0 Å². The van der Waals surface area contributed by atoms with Gasteiger partial charge < -0.3 is 5.32 Å². The van der Waals surface area contributed by atoms with Crippen LogP contribution in [-0.2, 0) is 12.3 Å². The topological polar surface area (TPSA) is 72.7 Å². The lowest BCUT2D eigenvalue weighted by molar-refractivity contribution is 0.0951. The second kappa shape index (κ2) is 11.2. The minimum atomic E-state index is -0.297. The largest absolute Gasteiger partial charge is 0.348 e. The normalized spacial score (nSPS) is 10.9. The fourth-order valence-electron chi connectivity index (χ4n) is 3.76. The molecule has 0 aliphatic carbocycles. The summed E-state index contributed by atoms with van der Waals surface area (Å²) in [5, 5.41) is 12.6. The molecule has 2 aromatic heterocycles. The van der Waals surface area contributed by atoms with E-state index in [9.17, 15) is 9.18 Å². The summed E-state index contributed by atoms with van der Waals surface area (Å²) in [5.74, 6) is 0.916. The fourth-order valence-corrected chi connectivity index (χ4v) is 4.67. The molecule has 2 heterocycles. The van der Waals surface area contributed by atoms with Crippen molar-refractivity contribution in [2.75, 3.05) is 0 Å². The highest BCUT2D eigenvalue weighted by atomic mass is 32.2. The van der Waals surface area contributed by atoms with Gasteiger partial charge in [0.05, 0.1) is 0 Å². The van der Waals surface area contributed by atoms with Gasteiger partial charge in [0.15, 0.2) is 11.0 Å². The van der Waals surface area contributed by atoms with Crippen LogP contribution in [0.4, 0.5) is 4.39 Å². The third-order valence-electron chi connectivity index (χ3n) is 5.80. The summed E-state index contributed by atoms with van der Waals surface area (Å²) < 4.78 is 15.1. The van der Waals surface area contributed by atoms with Crippen LogP contribution in [0.2, 0.25) is 0 Å². The number of amides is 1. The van der Waals surface area contributed by atoms with Crippen LogP contribution in [0.1, 0.15) is 27.0 Å². The Morgan fingerprint density at radius 3 is 2.35 bits per heavy atom. The Balaban J connectivity index is 1.29. The monoisotopic (exact) mass is 509 g/mol. The first-order valence-corrected chi connectivity index (χ1v) is 12.7. The number of rotatable bonds is 8. The standard InChI is InChI=1S/C29H24FN5OS/c1-20-4-14-26(15-5-20)35-27(24-3-2-16-31-18-24)33-34-29(35)37-19-22-6-10-23(11-7-22)28(36)32-17-21-8-12-25(30)13-9-21/h2-16,18H,17,19H2,1H3,(H,32,36). The molecule has 0 bridgehead atoms. The first-order chi connectivity index (χ1) is 18.1. The van der Waals surface area contributed by atoms with Gasteiger partial charge in [0, 0.05) is 41.5 Å². The van der Waals surface area contributed by atoms with Crippen molar-refractivity contribution in [2.24, 2.45) is 0 Å². The van der Waals surface area contributed by atoms with E-state index < -0.39 is 0 Å². The van der Waals surface area contributed by atoms with Gasteiger partial charge in [-0.25, -0.2) is 4.39 Å². The maximum atomic E-state index is 13.1. The van der Waals surface area contributed by atoms with Crippen molar-refractivity contribution in [1.29, 1.82) is 0 Å². The van der Waals surface area contributed by atoms with E-state index in [0.29, 0.717) is 17.9 Å². The average molecular weight is 510 g/mol. The number of carbonyl (C=O) groups excluding carboxylic acids is 1. The molecule has 0 aliphatic rings. The van der Waals surface area contributed by atoms with Gasteiger partial charge >= 0.3 is 0 Å². The van der Waals surface area contributed by atoms with Crippen molar-refractivity contribution in [1.82, 2.24) is 25.1 Å².